The van der Waals surface area contributed by atoms with E-state index in [1.807, 2.05) is 0 Å². The highest BCUT2D eigenvalue weighted by Gasteiger charge is 2.42. The summed E-state index contributed by atoms with van der Waals surface area (Å²) in [7, 11) is -3.15. The maximum Gasteiger partial charge on any atom is 0.289 e. The van der Waals surface area contributed by atoms with Crippen molar-refractivity contribution in [3.8, 4) is 0 Å². The van der Waals surface area contributed by atoms with Gasteiger partial charge in [0.15, 0.2) is 0 Å². The number of rotatable bonds is 4. The lowest BCUT2D eigenvalue weighted by Gasteiger charge is -2.34. The molecule has 22 heavy (non-hydrogen) atoms. The Kier molecular flexibility index (Phi) is 4.20. The molecule has 1 N–H and O–H groups in total. The number of carbonyl (C=O) groups is 1. The molecule has 2 fully saturated rings. The van der Waals surface area contributed by atoms with Gasteiger partial charge in [-0.05, 0) is 12.3 Å². The monoisotopic (exact) mass is 329 g/mol. The first kappa shape index (κ1) is 15.4. The van der Waals surface area contributed by atoms with E-state index in [1.54, 1.807) is 0 Å². The number of aromatic nitrogens is 1. The molecular formula is C13H19N3O5S. The fraction of sp³-hybridized carbons (Fsp3) is 0.692. The number of nitrogens with zero attached hydrogens (tertiary/aromatic N) is 2. The Morgan fingerprint density at radius 2 is 2.36 bits per heavy atom. The predicted octanol–water partition coefficient (Wildman–Crippen LogP) is -0.299. The maximum absolute atomic E-state index is 11.8. The second kappa shape index (κ2) is 5.98. The summed E-state index contributed by atoms with van der Waals surface area (Å²) in [4.78, 5) is 11.8. The zero-order valence-electron chi connectivity index (χ0n) is 12.3. The topological polar surface area (TPSA) is 102 Å². The van der Waals surface area contributed by atoms with Crippen molar-refractivity contribution < 1.29 is 22.5 Å². The van der Waals surface area contributed by atoms with Crippen molar-refractivity contribution >= 4 is 15.9 Å². The predicted molar refractivity (Wildman–Crippen MR) is 76.6 cm³/mol. The molecule has 0 unspecified atom stereocenters. The van der Waals surface area contributed by atoms with Gasteiger partial charge in [-0.15, -0.1) is 0 Å². The highest BCUT2D eigenvalue weighted by molar-refractivity contribution is 7.88. The third kappa shape index (κ3) is 3.16. The Bertz CT molecular complexity index is 630. The lowest BCUT2D eigenvalue weighted by atomic mass is 9.85. The Hall–Kier alpha value is -1.45. The van der Waals surface area contributed by atoms with Crippen LogP contribution in [0.1, 0.15) is 17.0 Å². The van der Waals surface area contributed by atoms with Crippen LogP contribution in [0.25, 0.3) is 0 Å². The Morgan fingerprint density at radius 3 is 3.05 bits per heavy atom. The van der Waals surface area contributed by atoms with Gasteiger partial charge in [0.25, 0.3) is 5.91 Å². The van der Waals surface area contributed by atoms with Gasteiger partial charge in [-0.2, -0.15) is 0 Å². The quantitative estimate of drug-likeness (QED) is 0.814. The van der Waals surface area contributed by atoms with E-state index in [9.17, 15) is 13.2 Å². The average Bonchev–Trinajstić information content (AvgIpc) is 3.13. The maximum atomic E-state index is 11.8. The molecule has 2 aliphatic heterocycles. The summed E-state index contributed by atoms with van der Waals surface area (Å²) < 4.78 is 35.3. The van der Waals surface area contributed by atoms with Crippen LogP contribution in [0, 0.1) is 11.8 Å². The molecule has 122 valence electrons. The molecule has 3 atom stereocenters. The Morgan fingerprint density at radius 1 is 1.55 bits per heavy atom. The van der Waals surface area contributed by atoms with E-state index < -0.39 is 10.0 Å². The summed E-state index contributed by atoms with van der Waals surface area (Å²) in [5, 5.41) is 6.26. The zero-order chi connectivity index (χ0) is 15.7. The molecule has 9 heteroatoms. The van der Waals surface area contributed by atoms with Crippen LogP contribution < -0.4 is 5.32 Å². The molecule has 1 aromatic heterocycles. The summed E-state index contributed by atoms with van der Waals surface area (Å²) >= 11 is 0. The highest BCUT2D eigenvalue weighted by atomic mass is 32.2. The van der Waals surface area contributed by atoms with E-state index in [1.165, 1.54) is 22.8 Å². The van der Waals surface area contributed by atoms with Crippen molar-refractivity contribution in [1.82, 2.24) is 14.8 Å². The molecule has 0 spiro atoms. The molecule has 0 aliphatic carbocycles. The number of hydrogen-bond acceptors (Lipinski definition) is 6. The van der Waals surface area contributed by atoms with Gasteiger partial charge in [0, 0.05) is 31.6 Å². The van der Waals surface area contributed by atoms with Crippen LogP contribution in [0.2, 0.25) is 0 Å². The van der Waals surface area contributed by atoms with Crippen molar-refractivity contribution in [2.45, 2.75) is 12.5 Å². The van der Waals surface area contributed by atoms with Gasteiger partial charge in [0.05, 0.1) is 25.2 Å². The van der Waals surface area contributed by atoms with E-state index in [4.69, 9.17) is 9.26 Å². The minimum atomic E-state index is -3.15. The van der Waals surface area contributed by atoms with Crippen LogP contribution in [-0.4, -0.2) is 62.4 Å². The number of ether oxygens (including phenoxy) is 1. The van der Waals surface area contributed by atoms with E-state index >= 15 is 0 Å². The molecule has 3 rings (SSSR count). The van der Waals surface area contributed by atoms with Gasteiger partial charge >= 0.3 is 0 Å². The lowest BCUT2D eigenvalue weighted by Crippen LogP contribution is -2.45. The number of hydrogen-bond donors (Lipinski definition) is 1. The number of nitrogens with one attached hydrogen (secondary N) is 1. The third-order valence-electron chi connectivity index (χ3n) is 4.35. The van der Waals surface area contributed by atoms with Gasteiger partial charge in [-0.25, -0.2) is 12.7 Å². The Labute approximate surface area is 128 Å². The molecular weight excluding hydrogens is 310 g/mol. The second-order valence-electron chi connectivity index (χ2n) is 5.79. The highest BCUT2D eigenvalue weighted by Crippen LogP contribution is 2.34. The summed E-state index contributed by atoms with van der Waals surface area (Å²) in [6, 6.07) is 1.50. The Balaban J connectivity index is 1.54. The second-order valence-corrected chi connectivity index (χ2v) is 7.77. The normalized spacial score (nSPS) is 29.2. The molecule has 0 saturated carbocycles. The van der Waals surface area contributed by atoms with Crippen molar-refractivity contribution in [1.29, 1.82) is 0 Å². The first-order valence-electron chi connectivity index (χ1n) is 7.21. The molecule has 0 aromatic carbocycles. The van der Waals surface area contributed by atoms with Gasteiger partial charge in [-0.1, -0.05) is 5.16 Å². The van der Waals surface area contributed by atoms with Crippen LogP contribution in [0.15, 0.2) is 16.8 Å². The van der Waals surface area contributed by atoms with E-state index in [-0.39, 0.29) is 29.6 Å². The third-order valence-corrected chi connectivity index (χ3v) is 5.62. The summed E-state index contributed by atoms with van der Waals surface area (Å²) in [6.07, 6.45) is 3.31. The molecule has 3 heterocycles. The number of fused-ring (bicyclic) bond motifs is 1. The molecule has 1 amide bonds. The van der Waals surface area contributed by atoms with Crippen molar-refractivity contribution in [3.05, 3.63) is 18.0 Å². The largest absolute Gasteiger partial charge is 0.376 e. The van der Waals surface area contributed by atoms with Crippen LogP contribution in [0.4, 0.5) is 0 Å². The van der Waals surface area contributed by atoms with E-state index in [2.05, 4.69) is 10.5 Å². The van der Waals surface area contributed by atoms with Crippen molar-refractivity contribution in [3.63, 3.8) is 0 Å². The lowest BCUT2D eigenvalue weighted by molar-refractivity contribution is 0.0742. The smallest absolute Gasteiger partial charge is 0.289 e. The van der Waals surface area contributed by atoms with E-state index in [0.29, 0.717) is 26.2 Å². The van der Waals surface area contributed by atoms with Gasteiger partial charge < -0.3 is 14.6 Å². The number of piperidine rings is 1. The fourth-order valence-electron chi connectivity index (χ4n) is 3.18. The molecule has 0 bridgehead atoms. The standard InChI is InChI=1S/C13H19N3O5S/c1-22(18,19)16-5-3-10-9(7-16)8-20-12(10)6-14-13(17)11-2-4-15-21-11/h2,4,9-10,12H,3,5-8H2,1H3,(H,14,17)/t9-,10-,12+/m1/s1. The minimum absolute atomic E-state index is 0.0846. The number of sulfonamides is 1. The molecule has 1 aromatic rings. The number of carbonyl (C=O) groups excluding carboxylic acids is 1. The van der Waals surface area contributed by atoms with Crippen LogP contribution >= 0.6 is 0 Å². The molecule has 0 radical (unpaired) electrons. The summed E-state index contributed by atoms with van der Waals surface area (Å²) in [5.74, 6) is 0.309. The molecule has 2 saturated heterocycles. The van der Waals surface area contributed by atoms with Crippen molar-refractivity contribution in [2.75, 3.05) is 32.5 Å². The summed E-state index contributed by atoms with van der Waals surface area (Å²) in [5.41, 5.74) is 0. The van der Waals surface area contributed by atoms with Gasteiger partial charge in [-0.3, -0.25) is 4.79 Å². The van der Waals surface area contributed by atoms with Gasteiger partial charge in [0.1, 0.15) is 0 Å². The first-order chi connectivity index (χ1) is 10.4. The van der Waals surface area contributed by atoms with Crippen LogP contribution in [0.5, 0.6) is 0 Å². The molecule has 8 nitrogen and oxygen atoms in total. The average molecular weight is 329 g/mol. The minimum Gasteiger partial charge on any atom is -0.376 e. The fourth-order valence-corrected chi connectivity index (χ4v) is 4.08. The first-order valence-corrected chi connectivity index (χ1v) is 9.05. The summed E-state index contributed by atoms with van der Waals surface area (Å²) in [6.45, 7) is 1.92. The van der Waals surface area contributed by atoms with E-state index in [0.717, 1.165) is 6.42 Å². The SMILES string of the molecule is CS(=O)(=O)N1CC[C@@H]2[C@@H](CO[C@H]2CNC(=O)c2ccno2)C1. The van der Waals surface area contributed by atoms with Gasteiger partial charge in [0.2, 0.25) is 15.8 Å². The van der Waals surface area contributed by atoms with Crippen LogP contribution in [-0.2, 0) is 14.8 Å². The molecule has 2 aliphatic rings. The zero-order valence-corrected chi connectivity index (χ0v) is 13.1. The number of amides is 1. The van der Waals surface area contributed by atoms with Crippen molar-refractivity contribution in [2.24, 2.45) is 11.8 Å². The van der Waals surface area contributed by atoms with Crippen LogP contribution in [0.3, 0.4) is 0 Å².